The number of nitrogens with zero attached hydrogens (tertiary/aromatic N) is 3. The molecule has 2 aromatic heterocycles. The first-order chi connectivity index (χ1) is 26.0. The molecule has 4 bridgehead atoms. The van der Waals surface area contributed by atoms with Gasteiger partial charge in [0.05, 0.1) is 30.5 Å². The van der Waals surface area contributed by atoms with E-state index in [1.807, 2.05) is 67.0 Å². The van der Waals surface area contributed by atoms with Crippen LogP contribution >= 0.6 is 0 Å². The first-order valence-corrected chi connectivity index (χ1v) is 18.2. The average molecular weight is 698 g/mol. The van der Waals surface area contributed by atoms with Crippen molar-refractivity contribution < 1.29 is 19.1 Å². The molecule has 0 radical (unpaired) electrons. The first kappa shape index (κ1) is 32.9. The molecule has 2 aliphatic heterocycles. The summed E-state index contributed by atoms with van der Waals surface area (Å²) in [6.45, 7) is 1.94. The summed E-state index contributed by atoms with van der Waals surface area (Å²) in [5.74, 6) is -0.575. The van der Waals surface area contributed by atoms with E-state index in [1.165, 1.54) is 4.90 Å². The predicted octanol–water partition coefficient (Wildman–Crippen LogP) is 8.30. The summed E-state index contributed by atoms with van der Waals surface area (Å²) in [7, 11) is 1.57. The topological polar surface area (TPSA) is 65.7 Å². The van der Waals surface area contributed by atoms with Gasteiger partial charge in [-0.2, -0.15) is 0 Å². The Morgan fingerprint density at radius 1 is 0.604 bits per heavy atom. The average Bonchev–Trinajstić information content (AvgIpc) is 3.83. The van der Waals surface area contributed by atoms with Crippen LogP contribution in [0.25, 0.3) is 33.0 Å². The van der Waals surface area contributed by atoms with Crippen molar-refractivity contribution in [3.8, 4) is 0 Å². The molecule has 2 amide bonds. The van der Waals surface area contributed by atoms with Gasteiger partial charge in [0.2, 0.25) is 0 Å². The SMILES string of the molecule is CN1C(=O)C2=C(C1=O)c1cn(c3ccccc13)CCC(COC(c1ccccc1)(c1ccccc1)c1ccccc1)OCCn1cc2c2ccccc21. The van der Waals surface area contributed by atoms with Crippen LogP contribution in [0.5, 0.6) is 0 Å². The lowest BCUT2D eigenvalue weighted by Gasteiger charge is -2.37. The highest BCUT2D eigenvalue weighted by Crippen LogP contribution is 2.43. The molecule has 7 nitrogen and oxygen atoms in total. The molecule has 9 rings (SSSR count). The number of ether oxygens (including phenoxy) is 2. The van der Waals surface area contributed by atoms with E-state index >= 15 is 0 Å². The minimum absolute atomic E-state index is 0.269. The highest BCUT2D eigenvalue weighted by molar-refractivity contribution is 6.50. The zero-order valence-corrected chi connectivity index (χ0v) is 29.5. The van der Waals surface area contributed by atoms with E-state index in [-0.39, 0.29) is 17.9 Å². The number of benzene rings is 5. The molecule has 4 heterocycles. The number of likely N-dealkylation sites (N-methyl/N-ethyl adjacent to an activating group) is 1. The molecule has 0 fully saturated rings. The van der Waals surface area contributed by atoms with E-state index in [2.05, 4.69) is 94.1 Å². The summed E-state index contributed by atoms with van der Waals surface area (Å²) < 4.78 is 18.4. The molecule has 7 heteroatoms. The quantitative estimate of drug-likeness (QED) is 0.130. The second-order valence-electron chi connectivity index (χ2n) is 13.8. The van der Waals surface area contributed by atoms with Crippen LogP contribution in [-0.2, 0) is 37.8 Å². The number of aromatic nitrogens is 2. The summed E-state index contributed by atoms with van der Waals surface area (Å²) in [5, 5.41) is 1.85. The fourth-order valence-electron chi connectivity index (χ4n) is 8.21. The van der Waals surface area contributed by atoms with Crippen molar-refractivity contribution in [2.45, 2.75) is 31.2 Å². The summed E-state index contributed by atoms with van der Waals surface area (Å²) in [4.78, 5) is 29.1. The standard InChI is InChI=1S/C46H39N3O4/c1-47-44(50)42-38-29-48(40-23-13-11-21-36(38)40)26-25-35(52-28-27-49-30-39(43(42)45(47)51)37-22-12-14-24-41(37)49)31-53-46(32-15-5-2-6-16-32,33-17-7-3-8-18-33)34-19-9-4-10-20-34/h2-24,29-30,35H,25-28,31H2,1H3. The normalized spacial score (nSPS) is 16.7. The lowest BCUT2D eigenvalue weighted by atomic mass is 9.80. The number of carbonyl (C=O) groups is 2. The zero-order chi connectivity index (χ0) is 35.9. The van der Waals surface area contributed by atoms with Crippen LogP contribution in [0.2, 0.25) is 0 Å². The fraction of sp³-hybridized carbons (Fsp3) is 0.174. The summed E-state index contributed by atoms with van der Waals surface area (Å²) in [6.07, 6.45) is 4.43. The number of rotatable bonds is 6. The van der Waals surface area contributed by atoms with E-state index in [4.69, 9.17) is 9.47 Å². The van der Waals surface area contributed by atoms with Crippen molar-refractivity contribution in [1.29, 1.82) is 0 Å². The lowest BCUT2D eigenvalue weighted by molar-refractivity contribution is -0.134. The van der Waals surface area contributed by atoms with Crippen LogP contribution in [0.4, 0.5) is 0 Å². The monoisotopic (exact) mass is 697 g/mol. The van der Waals surface area contributed by atoms with Gasteiger partial charge in [-0.05, 0) is 35.2 Å². The molecule has 2 aliphatic rings. The number of hydrogen-bond acceptors (Lipinski definition) is 4. The smallest absolute Gasteiger partial charge is 0.261 e. The van der Waals surface area contributed by atoms with E-state index in [0.717, 1.165) is 49.6 Å². The molecular weight excluding hydrogens is 659 g/mol. The third-order valence-corrected chi connectivity index (χ3v) is 10.8. The molecule has 5 aromatic carbocycles. The Kier molecular flexibility index (Phi) is 8.38. The van der Waals surface area contributed by atoms with E-state index < -0.39 is 5.60 Å². The predicted molar refractivity (Wildman–Crippen MR) is 208 cm³/mol. The third kappa shape index (κ3) is 5.52. The minimum atomic E-state index is -0.880. The molecule has 0 saturated carbocycles. The fourth-order valence-corrected chi connectivity index (χ4v) is 8.21. The van der Waals surface area contributed by atoms with Crippen LogP contribution in [-0.4, -0.2) is 52.2 Å². The van der Waals surface area contributed by atoms with Crippen molar-refractivity contribution in [2.24, 2.45) is 0 Å². The third-order valence-electron chi connectivity index (χ3n) is 10.8. The Bertz CT molecular complexity index is 2400. The molecule has 0 aliphatic carbocycles. The Balaban J connectivity index is 1.16. The molecular formula is C46H39N3O4. The van der Waals surface area contributed by atoms with Crippen molar-refractivity contribution in [2.75, 3.05) is 20.3 Å². The molecule has 0 spiro atoms. The second-order valence-corrected chi connectivity index (χ2v) is 13.8. The number of carbonyl (C=O) groups excluding carboxylic acids is 2. The van der Waals surface area contributed by atoms with Gasteiger partial charge < -0.3 is 18.6 Å². The summed E-state index contributed by atoms with van der Waals surface area (Å²) in [5.41, 5.74) is 6.61. The van der Waals surface area contributed by atoms with Gasteiger partial charge in [0.15, 0.2) is 0 Å². The van der Waals surface area contributed by atoms with Crippen LogP contribution < -0.4 is 0 Å². The van der Waals surface area contributed by atoms with Crippen LogP contribution in [0.1, 0.15) is 34.2 Å². The first-order valence-electron chi connectivity index (χ1n) is 18.2. The lowest BCUT2D eigenvalue weighted by Crippen LogP contribution is -2.37. The maximum Gasteiger partial charge on any atom is 0.261 e. The second kappa shape index (κ2) is 13.5. The van der Waals surface area contributed by atoms with Gasteiger partial charge >= 0.3 is 0 Å². The van der Waals surface area contributed by atoms with Gasteiger partial charge in [-0.15, -0.1) is 0 Å². The van der Waals surface area contributed by atoms with Gasteiger partial charge in [-0.1, -0.05) is 127 Å². The van der Waals surface area contributed by atoms with Crippen LogP contribution in [0, 0.1) is 0 Å². The number of aryl methyl sites for hydroxylation is 1. The van der Waals surface area contributed by atoms with E-state index in [1.54, 1.807) is 7.05 Å². The maximum atomic E-state index is 14.0. The molecule has 7 aromatic rings. The van der Waals surface area contributed by atoms with Crippen molar-refractivity contribution in [3.63, 3.8) is 0 Å². The van der Waals surface area contributed by atoms with Gasteiger partial charge in [0.1, 0.15) is 5.60 Å². The zero-order valence-electron chi connectivity index (χ0n) is 29.5. The number of para-hydroxylation sites is 2. The Hall–Kier alpha value is -6.02. The summed E-state index contributed by atoms with van der Waals surface area (Å²) >= 11 is 0. The van der Waals surface area contributed by atoms with Crippen LogP contribution in [0.15, 0.2) is 152 Å². The molecule has 0 saturated heterocycles. The molecule has 53 heavy (non-hydrogen) atoms. The molecule has 1 atom stereocenters. The van der Waals surface area contributed by atoms with Crippen molar-refractivity contribution in [3.05, 3.63) is 180 Å². The highest BCUT2D eigenvalue weighted by atomic mass is 16.5. The largest absolute Gasteiger partial charge is 0.374 e. The Labute approximate surface area is 308 Å². The number of amides is 2. The summed E-state index contributed by atoms with van der Waals surface area (Å²) in [6, 6.07) is 47.4. The Morgan fingerprint density at radius 3 is 1.53 bits per heavy atom. The number of imide groups is 1. The van der Waals surface area contributed by atoms with Gasteiger partial charge in [0, 0.05) is 65.5 Å². The minimum Gasteiger partial charge on any atom is -0.374 e. The Morgan fingerprint density at radius 2 is 1.04 bits per heavy atom. The van der Waals surface area contributed by atoms with Crippen LogP contribution in [0.3, 0.4) is 0 Å². The van der Waals surface area contributed by atoms with E-state index in [9.17, 15) is 9.59 Å². The van der Waals surface area contributed by atoms with Gasteiger partial charge in [0.25, 0.3) is 11.8 Å². The number of fused-ring (bicyclic) bond motifs is 12. The van der Waals surface area contributed by atoms with Gasteiger partial charge in [-0.25, -0.2) is 0 Å². The molecule has 0 N–H and O–H groups in total. The maximum absolute atomic E-state index is 14.0. The molecule has 262 valence electrons. The van der Waals surface area contributed by atoms with Gasteiger partial charge in [-0.3, -0.25) is 14.5 Å². The van der Waals surface area contributed by atoms with Crippen molar-refractivity contribution >= 4 is 44.8 Å². The van der Waals surface area contributed by atoms with E-state index in [0.29, 0.717) is 43.9 Å². The number of hydrogen-bond donors (Lipinski definition) is 0. The highest BCUT2D eigenvalue weighted by Gasteiger charge is 2.41. The molecule has 1 unspecified atom stereocenters. The van der Waals surface area contributed by atoms with Crippen molar-refractivity contribution in [1.82, 2.24) is 14.0 Å².